The summed E-state index contributed by atoms with van der Waals surface area (Å²) in [6.45, 7) is 3.09. The van der Waals surface area contributed by atoms with E-state index in [0.29, 0.717) is 16.7 Å². The summed E-state index contributed by atoms with van der Waals surface area (Å²) in [4.78, 5) is 24.3. The molecule has 0 saturated carbocycles. The van der Waals surface area contributed by atoms with E-state index in [1.54, 1.807) is 6.92 Å². The molecule has 0 atom stereocenters. The number of ketones is 1. The Hall–Kier alpha value is -3.68. The highest BCUT2D eigenvalue weighted by molar-refractivity contribution is 6.11. The first-order valence-electron chi connectivity index (χ1n) is 8.48. The molecule has 8 heteroatoms. The lowest BCUT2D eigenvalue weighted by Crippen LogP contribution is -2.10. The van der Waals surface area contributed by atoms with Crippen LogP contribution in [0.1, 0.15) is 37.4 Å². The van der Waals surface area contributed by atoms with Gasteiger partial charge >= 0.3 is 5.97 Å². The number of benzene rings is 2. The molecule has 0 amide bonds. The van der Waals surface area contributed by atoms with Crippen LogP contribution in [0.2, 0.25) is 0 Å². The van der Waals surface area contributed by atoms with Crippen LogP contribution < -0.4 is 14.2 Å². The second-order valence-electron chi connectivity index (χ2n) is 6.16. The van der Waals surface area contributed by atoms with E-state index in [2.05, 4.69) is 0 Å². The molecule has 2 rings (SSSR count). The van der Waals surface area contributed by atoms with Crippen LogP contribution in [0, 0.1) is 13.8 Å². The first-order valence-corrected chi connectivity index (χ1v) is 8.48. The Morgan fingerprint density at radius 2 is 1.38 bits per heavy atom. The molecule has 0 heterocycles. The second kappa shape index (κ2) is 8.55. The normalized spacial score (nSPS) is 10.8. The van der Waals surface area contributed by atoms with Gasteiger partial charge in [0.1, 0.15) is 5.56 Å². The van der Waals surface area contributed by atoms with Crippen LogP contribution in [0.3, 0.4) is 0 Å². The largest absolute Gasteiger partial charge is 0.504 e. The van der Waals surface area contributed by atoms with E-state index < -0.39 is 17.5 Å². The number of aromatic hydroxyl groups is 2. The van der Waals surface area contributed by atoms with Crippen molar-refractivity contribution in [2.45, 2.75) is 13.8 Å². The predicted octanol–water partition coefficient (Wildman–Crippen LogP) is 3.33. The number of phenols is 2. The van der Waals surface area contributed by atoms with Crippen LogP contribution in [0.15, 0.2) is 18.2 Å². The Kier molecular flexibility index (Phi) is 6.38. The third-order valence-electron chi connectivity index (χ3n) is 4.59. The van der Waals surface area contributed by atoms with Gasteiger partial charge in [-0.1, -0.05) is 6.08 Å². The van der Waals surface area contributed by atoms with Gasteiger partial charge in [-0.15, -0.1) is 0 Å². The number of allylic oxidation sites excluding steroid dienone is 1. The highest BCUT2D eigenvalue weighted by Crippen LogP contribution is 2.40. The molecule has 0 aliphatic carbocycles. The van der Waals surface area contributed by atoms with Crippen LogP contribution >= 0.6 is 0 Å². The van der Waals surface area contributed by atoms with E-state index in [9.17, 15) is 24.9 Å². The molecule has 29 heavy (non-hydrogen) atoms. The summed E-state index contributed by atoms with van der Waals surface area (Å²) in [5, 5.41) is 29.8. The molecular weight excluding hydrogens is 380 g/mol. The van der Waals surface area contributed by atoms with E-state index in [1.807, 2.05) is 0 Å². The molecule has 8 nitrogen and oxygen atoms in total. The molecule has 0 unspecified atom stereocenters. The molecule has 0 aliphatic heterocycles. The van der Waals surface area contributed by atoms with E-state index in [1.165, 1.54) is 52.5 Å². The SMILES string of the molecule is COc1cc(C=CC(=O)c2c(C)c(C)c(C(=O)O)c(OC)c2O)cc(OC)c1O. The van der Waals surface area contributed by atoms with E-state index in [-0.39, 0.29) is 34.1 Å². The summed E-state index contributed by atoms with van der Waals surface area (Å²) in [5.74, 6) is -2.47. The highest BCUT2D eigenvalue weighted by atomic mass is 16.5. The Bertz CT molecular complexity index is 979. The summed E-state index contributed by atoms with van der Waals surface area (Å²) in [6.07, 6.45) is 2.67. The van der Waals surface area contributed by atoms with Gasteiger partial charge in [0, 0.05) is 0 Å². The molecule has 0 aromatic heterocycles. The minimum absolute atomic E-state index is 0.0571. The van der Waals surface area contributed by atoms with Gasteiger partial charge < -0.3 is 29.5 Å². The summed E-state index contributed by atoms with van der Waals surface area (Å²) in [5.41, 5.74) is 0.898. The number of carboxylic acid groups (broad SMARTS) is 1. The number of methoxy groups -OCH3 is 3. The second-order valence-corrected chi connectivity index (χ2v) is 6.16. The average Bonchev–Trinajstić information content (AvgIpc) is 2.69. The number of carbonyl (C=O) groups is 2. The number of phenolic OH excluding ortho intramolecular Hbond substituents is 2. The summed E-state index contributed by atoms with van der Waals surface area (Å²) >= 11 is 0. The van der Waals surface area contributed by atoms with Crippen LogP contribution in [0.5, 0.6) is 28.7 Å². The van der Waals surface area contributed by atoms with Crippen molar-refractivity contribution in [3.8, 4) is 28.7 Å². The van der Waals surface area contributed by atoms with Gasteiger partial charge in [0.05, 0.1) is 26.9 Å². The van der Waals surface area contributed by atoms with Crippen molar-refractivity contribution in [1.82, 2.24) is 0 Å². The fraction of sp³-hybridized carbons (Fsp3) is 0.238. The summed E-state index contributed by atoms with van der Waals surface area (Å²) in [7, 11) is 3.98. The highest BCUT2D eigenvalue weighted by Gasteiger charge is 2.26. The fourth-order valence-electron chi connectivity index (χ4n) is 2.98. The number of ether oxygens (including phenoxy) is 3. The maximum atomic E-state index is 12.8. The van der Waals surface area contributed by atoms with Gasteiger partial charge in [-0.25, -0.2) is 4.79 Å². The van der Waals surface area contributed by atoms with Crippen molar-refractivity contribution in [2.24, 2.45) is 0 Å². The third kappa shape index (κ3) is 3.96. The first-order chi connectivity index (χ1) is 13.7. The summed E-state index contributed by atoms with van der Waals surface area (Å²) < 4.78 is 15.2. The Morgan fingerprint density at radius 3 is 1.83 bits per heavy atom. The minimum atomic E-state index is -1.27. The third-order valence-corrected chi connectivity index (χ3v) is 4.59. The van der Waals surface area contributed by atoms with E-state index in [0.717, 1.165) is 0 Å². The molecule has 0 radical (unpaired) electrons. The van der Waals surface area contributed by atoms with Crippen molar-refractivity contribution in [3.05, 3.63) is 46.0 Å². The lowest BCUT2D eigenvalue weighted by molar-refractivity contribution is 0.0690. The Morgan fingerprint density at radius 1 is 0.862 bits per heavy atom. The number of rotatable bonds is 7. The quantitative estimate of drug-likeness (QED) is 0.476. The molecular formula is C21H22O8. The average molecular weight is 402 g/mol. The molecule has 0 spiro atoms. The maximum Gasteiger partial charge on any atom is 0.339 e. The lowest BCUT2D eigenvalue weighted by Gasteiger charge is -2.16. The molecule has 3 N–H and O–H groups in total. The number of carboxylic acids is 1. The smallest absolute Gasteiger partial charge is 0.339 e. The molecule has 154 valence electrons. The summed E-state index contributed by atoms with van der Waals surface area (Å²) in [6, 6.07) is 3.02. The van der Waals surface area contributed by atoms with Crippen LogP contribution in [-0.2, 0) is 0 Å². The van der Waals surface area contributed by atoms with Crippen molar-refractivity contribution in [1.29, 1.82) is 0 Å². The number of hydrogen-bond acceptors (Lipinski definition) is 7. The van der Waals surface area contributed by atoms with Crippen molar-refractivity contribution < 1.29 is 39.1 Å². The van der Waals surface area contributed by atoms with Crippen molar-refractivity contribution >= 4 is 17.8 Å². The fourth-order valence-corrected chi connectivity index (χ4v) is 2.98. The topological polar surface area (TPSA) is 123 Å². The van der Waals surface area contributed by atoms with Crippen molar-refractivity contribution in [2.75, 3.05) is 21.3 Å². The maximum absolute atomic E-state index is 12.8. The van der Waals surface area contributed by atoms with Gasteiger partial charge in [-0.05, 0) is 48.7 Å². The zero-order chi connectivity index (χ0) is 21.9. The zero-order valence-corrected chi connectivity index (χ0v) is 16.7. The van der Waals surface area contributed by atoms with Gasteiger partial charge in [0.15, 0.2) is 28.8 Å². The van der Waals surface area contributed by atoms with Crippen LogP contribution in [-0.4, -0.2) is 48.4 Å². The minimum Gasteiger partial charge on any atom is -0.504 e. The standard InChI is InChI=1S/C21H22O8/c1-10-11(2)17(21(25)26)20(29-5)19(24)16(10)13(22)7-6-12-8-14(27-3)18(23)15(9-12)28-4/h6-9,23-24H,1-5H3,(H,25,26). The Labute approximate surface area is 167 Å². The van der Waals surface area contributed by atoms with Gasteiger partial charge in [-0.3, -0.25) is 4.79 Å². The first kappa shape index (κ1) is 21.6. The molecule has 0 aliphatic rings. The number of carbonyl (C=O) groups excluding carboxylic acids is 1. The van der Waals surface area contributed by atoms with Crippen LogP contribution in [0.25, 0.3) is 6.08 Å². The molecule has 2 aromatic rings. The van der Waals surface area contributed by atoms with Crippen LogP contribution in [0.4, 0.5) is 0 Å². The number of hydrogen-bond donors (Lipinski definition) is 3. The van der Waals surface area contributed by atoms with E-state index in [4.69, 9.17) is 14.2 Å². The monoisotopic (exact) mass is 402 g/mol. The molecule has 2 aromatic carbocycles. The predicted molar refractivity (Wildman–Crippen MR) is 106 cm³/mol. The van der Waals surface area contributed by atoms with Gasteiger partial charge in [0.2, 0.25) is 5.75 Å². The zero-order valence-electron chi connectivity index (χ0n) is 16.7. The van der Waals surface area contributed by atoms with Gasteiger partial charge in [0.25, 0.3) is 0 Å². The molecule has 0 bridgehead atoms. The van der Waals surface area contributed by atoms with Gasteiger partial charge in [-0.2, -0.15) is 0 Å². The molecule has 0 fully saturated rings. The molecule has 0 saturated heterocycles. The Balaban J connectivity index is 2.54. The van der Waals surface area contributed by atoms with Crippen molar-refractivity contribution in [3.63, 3.8) is 0 Å². The van der Waals surface area contributed by atoms with E-state index >= 15 is 0 Å². The number of aromatic carboxylic acids is 1. The lowest BCUT2D eigenvalue weighted by atomic mass is 9.93.